The Kier molecular flexibility index (Phi) is 6.58. The molecule has 0 atom stereocenters. The summed E-state index contributed by atoms with van der Waals surface area (Å²) in [7, 11) is -1.02. The summed E-state index contributed by atoms with van der Waals surface area (Å²) in [6, 6.07) is 10.4. The van der Waals surface area contributed by atoms with Crippen LogP contribution in [-0.2, 0) is 19.6 Å². The number of sulfonamides is 1. The Balaban J connectivity index is 1.78. The van der Waals surface area contributed by atoms with E-state index in [-0.39, 0.29) is 28.8 Å². The maximum Gasteiger partial charge on any atom is 0.343 e. The second kappa shape index (κ2) is 9.14. The zero-order chi connectivity index (χ0) is 21.7. The number of hydrogen-bond acceptors (Lipinski definition) is 7. The standard InChI is InChI=1S/C20H22N2O7S/c1-27-18-9-8-16(30(25,26)22-14-6-7-14)11-17(18)21-20(24)13-4-3-5-15(10-13)29-12-19(23)28-2/h3-5,8-11,14,22H,6-7,12H2,1-2H3,(H,21,24). The lowest BCUT2D eigenvalue weighted by atomic mass is 10.2. The monoisotopic (exact) mass is 434 g/mol. The Morgan fingerprint density at radius 1 is 1.10 bits per heavy atom. The Morgan fingerprint density at radius 3 is 2.53 bits per heavy atom. The number of benzene rings is 2. The van der Waals surface area contributed by atoms with E-state index >= 15 is 0 Å². The van der Waals surface area contributed by atoms with Gasteiger partial charge in [-0.2, -0.15) is 0 Å². The molecular weight excluding hydrogens is 412 g/mol. The van der Waals surface area contributed by atoms with E-state index in [1.807, 2.05) is 0 Å². The van der Waals surface area contributed by atoms with Gasteiger partial charge in [0, 0.05) is 11.6 Å². The third-order valence-corrected chi connectivity index (χ3v) is 5.83. The summed E-state index contributed by atoms with van der Waals surface area (Å²) < 4.78 is 42.6. The van der Waals surface area contributed by atoms with Crippen LogP contribution in [0.15, 0.2) is 47.4 Å². The molecule has 3 rings (SSSR count). The second-order valence-corrected chi connectivity index (χ2v) is 8.32. The van der Waals surface area contributed by atoms with Crippen molar-refractivity contribution < 1.29 is 32.2 Å². The second-order valence-electron chi connectivity index (χ2n) is 6.60. The van der Waals surface area contributed by atoms with Crippen molar-refractivity contribution in [2.24, 2.45) is 0 Å². The fourth-order valence-corrected chi connectivity index (χ4v) is 3.89. The number of anilines is 1. The maximum absolute atomic E-state index is 12.7. The molecule has 2 aromatic rings. The van der Waals surface area contributed by atoms with Crippen molar-refractivity contribution in [2.75, 3.05) is 26.1 Å². The summed E-state index contributed by atoms with van der Waals surface area (Å²) in [6.45, 7) is -0.288. The third-order valence-electron chi connectivity index (χ3n) is 4.31. The van der Waals surface area contributed by atoms with E-state index in [0.29, 0.717) is 11.5 Å². The van der Waals surface area contributed by atoms with Gasteiger partial charge in [0.25, 0.3) is 5.91 Å². The summed E-state index contributed by atoms with van der Waals surface area (Å²) in [5.41, 5.74) is 0.464. The van der Waals surface area contributed by atoms with Crippen LogP contribution in [-0.4, -0.2) is 47.2 Å². The maximum atomic E-state index is 12.7. The minimum atomic E-state index is -3.69. The molecule has 1 saturated carbocycles. The summed E-state index contributed by atoms with van der Waals surface area (Å²) in [4.78, 5) is 23.9. The SMILES string of the molecule is COC(=O)COc1cccc(C(=O)Nc2cc(S(=O)(=O)NC3CC3)ccc2OC)c1. The Labute approximate surface area is 174 Å². The molecule has 0 aromatic heterocycles. The number of carbonyl (C=O) groups is 2. The number of amides is 1. The van der Waals surface area contributed by atoms with Crippen LogP contribution < -0.4 is 19.5 Å². The fourth-order valence-electron chi connectivity index (χ4n) is 2.56. The van der Waals surface area contributed by atoms with Gasteiger partial charge in [-0.25, -0.2) is 17.9 Å². The minimum Gasteiger partial charge on any atom is -0.495 e. The topological polar surface area (TPSA) is 120 Å². The molecule has 10 heteroatoms. The van der Waals surface area contributed by atoms with Crippen molar-refractivity contribution >= 4 is 27.6 Å². The Morgan fingerprint density at radius 2 is 1.87 bits per heavy atom. The first-order chi connectivity index (χ1) is 14.3. The van der Waals surface area contributed by atoms with E-state index in [2.05, 4.69) is 14.8 Å². The molecule has 0 spiro atoms. The van der Waals surface area contributed by atoms with Gasteiger partial charge in [-0.05, 0) is 49.2 Å². The van der Waals surface area contributed by atoms with Crippen molar-refractivity contribution in [2.45, 2.75) is 23.8 Å². The van der Waals surface area contributed by atoms with Gasteiger partial charge in [-0.1, -0.05) is 6.07 Å². The lowest BCUT2D eigenvalue weighted by Gasteiger charge is -2.13. The van der Waals surface area contributed by atoms with Crippen molar-refractivity contribution in [3.63, 3.8) is 0 Å². The normalized spacial score (nSPS) is 13.4. The number of methoxy groups -OCH3 is 2. The highest BCUT2D eigenvalue weighted by molar-refractivity contribution is 7.89. The Bertz CT molecular complexity index is 1050. The average molecular weight is 434 g/mol. The predicted octanol–water partition coefficient (Wildman–Crippen LogP) is 1.94. The molecule has 1 aliphatic carbocycles. The summed E-state index contributed by atoms with van der Waals surface area (Å²) in [5.74, 6) is -0.425. The smallest absolute Gasteiger partial charge is 0.343 e. The first-order valence-electron chi connectivity index (χ1n) is 9.14. The molecule has 0 radical (unpaired) electrons. The highest BCUT2D eigenvalue weighted by atomic mass is 32.2. The molecule has 0 aliphatic heterocycles. The summed E-state index contributed by atoms with van der Waals surface area (Å²) in [5, 5.41) is 2.66. The van der Waals surface area contributed by atoms with Crippen molar-refractivity contribution in [1.82, 2.24) is 4.72 Å². The van der Waals surface area contributed by atoms with Crippen LogP contribution in [0.25, 0.3) is 0 Å². The molecule has 1 aliphatic rings. The van der Waals surface area contributed by atoms with E-state index in [1.54, 1.807) is 18.2 Å². The van der Waals surface area contributed by atoms with Gasteiger partial charge in [-0.15, -0.1) is 0 Å². The molecule has 0 saturated heterocycles. The van der Waals surface area contributed by atoms with Gasteiger partial charge in [-0.3, -0.25) is 4.79 Å². The molecular formula is C20H22N2O7S. The zero-order valence-electron chi connectivity index (χ0n) is 16.5. The average Bonchev–Trinajstić information content (AvgIpc) is 3.55. The largest absolute Gasteiger partial charge is 0.495 e. The molecule has 30 heavy (non-hydrogen) atoms. The molecule has 0 heterocycles. The third kappa shape index (κ3) is 5.49. The van der Waals surface area contributed by atoms with E-state index in [1.165, 1.54) is 38.5 Å². The van der Waals surface area contributed by atoms with E-state index in [0.717, 1.165) is 12.8 Å². The van der Waals surface area contributed by atoms with Crippen molar-refractivity contribution in [1.29, 1.82) is 0 Å². The molecule has 1 amide bonds. The van der Waals surface area contributed by atoms with Crippen LogP contribution in [0, 0.1) is 0 Å². The lowest BCUT2D eigenvalue weighted by molar-refractivity contribution is -0.142. The van der Waals surface area contributed by atoms with Crippen LogP contribution in [0.3, 0.4) is 0 Å². The number of nitrogens with one attached hydrogen (secondary N) is 2. The van der Waals surface area contributed by atoms with Gasteiger partial charge in [0.2, 0.25) is 10.0 Å². The number of ether oxygens (including phenoxy) is 3. The number of hydrogen-bond donors (Lipinski definition) is 2. The van der Waals surface area contributed by atoms with Gasteiger partial charge < -0.3 is 19.5 Å². The predicted molar refractivity (Wildman–Crippen MR) is 108 cm³/mol. The molecule has 9 nitrogen and oxygen atoms in total. The lowest BCUT2D eigenvalue weighted by Crippen LogP contribution is -2.25. The van der Waals surface area contributed by atoms with Gasteiger partial charge >= 0.3 is 5.97 Å². The number of rotatable bonds is 9. The first-order valence-corrected chi connectivity index (χ1v) is 10.6. The number of carbonyl (C=O) groups excluding carboxylic acids is 2. The van der Waals surface area contributed by atoms with Crippen LogP contribution in [0.5, 0.6) is 11.5 Å². The molecule has 0 bridgehead atoms. The van der Waals surface area contributed by atoms with Crippen LogP contribution in [0.4, 0.5) is 5.69 Å². The summed E-state index contributed by atoms with van der Waals surface area (Å²) in [6.07, 6.45) is 1.63. The van der Waals surface area contributed by atoms with E-state index in [9.17, 15) is 18.0 Å². The van der Waals surface area contributed by atoms with Crippen LogP contribution >= 0.6 is 0 Å². The number of esters is 1. The summed E-state index contributed by atoms with van der Waals surface area (Å²) >= 11 is 0. The molecule has 0 unspecified atom stereocenters. The van der Waals surface area contributed by atoms with Crippen molar-refractivity contribution in [3.05, 3.63) is 48.0 Å². The van der Waals surface area contributed by atoms with Crippen LogP contribution in [0.2, 0.25) is 0 Å². The van der Waals surface area contributed by atoms with E-state index in [4.69, 9.17) is 9.47 Å². The van der Waals surface area contributed by atoms with Gasteiger partial charge in [0.05, 0.1) is 24.8 Å². The van der Waals surface area contributed by atoms with Gasteiger partial charge in [0.1, 0.15) is 11.5 Å². The fraction of sp³-hybridized carbons (Fsp3) is 0.300. The molecule has 160 valence electrons. The minimum absolute atomic E-state index is 0.0284. The van der Waals surface area contributed by atoms with Crippen molar-refractivity contribution in [3.8, 4) is 11.5 Å². The molecule has 1 fully saturated rings. The molecule has 2 N–H and O–H groups in total. The highest BCUT2D eigenvalue weighted by Crippen LogP contribution is 2.29. The van der Waals surface area contributed by atoms with E-state index < -0.39 is 21.9 Å². The van der Waals surface area contributed by atoms with Crippen LogP contribution in [0.1, 0.15) is 23.2 Å². The first kappa shape index (κ1) is 21.6. The van der Waals surface area contributed by atoms with Gasteiger partial charge in [0.15, 0.2) is 6.61 Å². The zero-order valence-corrected chi connectivity index (χ0v) is 17.3. The highest BCUT2D eigenvalue weighted by Gasteiger charge is 2.28. The quantitative estimate of drug-likeness (QED) is 0.579. The molecule has 2 aromatic carbocycles. The Hall–Kier alpha value is -3.11.